The van der Waals surface area contributed by atoms with Gasteiger partial charge in [0.15, 0.2) is 0 Å². The van der Waals surface area contributed by atoms with Crippen molar-refractivity contribution in [3.63, 3.8) is 0 Å². The number of hydrogen-bond donors (Lipinski definition) is 1. The first-order valence-corrected chi connectivity index (χ1v) is 6.63. The Labute approximate surface area is 132 Å². The zero-order valence-corrected chi connectivity index (χ0v) is 12.9. The second kappa shape index (κ2) is 6.82. The van der Waals surface area contributed by atoms with Gasteiger partial charge in [-0.3, -0.25) is 9.59 Å². The largest absolute Gasteiger partial charge is 0.497 e. The van der Waals surface area contributed by atoms with Crippen molar-refractivity contribution in [3.8, 4) is 11.5 Å². The van der Waals surface area contributed by atoms with Crippen molar-refractivity contribution >= 4 is 24.0 Å². The standard InChI is InChI=1S/C15H16N2O6/c1-21-10-5-4-9(12(7-10)22-2)6-11-14(19)17(15(20)16-11)8-13(18)23-3/h4-7H,8H2,1-3H3,(H,16,20). The van der Waals surface area contributed by atoms with E-state index in [4.69, 9.17) is 9.47 Å². The van der Waals surface area contributed by atoms with Crippen LogP contribution in [0.3, 0.4) is 0 Å². The Morgan fingerprint density at radius 2 is 1.96 bits per heavy atom. The monoisotopic (exact) mass is 320 g/mol. The maximum atomic E-state index is 12.2. The van der Waals surface area contributed by atoms with Gasteiger partial charge in [0.2, 0.25) is 0 Å². The van der Waals surface area contributed by atoms with Crippen LogP contribution in [0.5, 0.6) is 11.5 Å². The van der Waals surface area contributed by atoms with E-state index >= 15 is 0 Å². The minimum Gasteiger partial charge on any atom is -0.497 e. The predicted molar refractivity (Wildman–Crippen MR) is 79.8 cm³/mol. The normalized spacial score (nSPS) is 15.6. The third-order valence-electron chi connectivity index (χ3n) is 3.22. The first kappa shape index (κ1) is 16.3. The second-order valence-electron chi connectivity index (χ2n) is 4.56. The number of imide groups is 1. The van der Waals surface area contributed by atoms with Crippen LogP contribution in [-0.4, -0.2) is 50.7 Å². The van der Waals surface area contributed by atoms with Crippen molar-refractivity contribution in [2.24, 2.45) is 0 Å². The molecule has 122 valence electrons. The Kier molecular flexibility index (Phi) is 4.85. The SMILES string of the molecule is COC(=O)CN1C(=O)NC(=Cc2ccc(OC)cc2OC)C1=O. The summed E-state index contributed by atoms with van der Waals surface area (Å²) in [7, 11) is 4.19. The van der Waals surface area contributed by atoms with Crippen molar-refractivity contribution in [1.29, 1.82) is 0 Å². The summed E-state index contributed by atoms with van der Waals surface area (Å²) in [4.78, 5) is 36.0. The average molecular weight is 320 g/mol. The molecule has 0 spiro atoms. The molecular weight excluding hydrogens is 304 g/mol. The van der Waals surface area contributed by atoms with Crippen LogP contribution in [-0.2, 0) is 14.3 Å². The second-order valence-corrected chi connectivity index (χ2v) is 4.56. The highest BCUT2D eigenvalue weighted by Gasteiger charge is 2.35. The molecule has 0 atom stereocenters. The Balaban J connectivity index is 2.28. The number of hydrogen-bond acceptors (Lipinski definition) is 6. The summed E-state index contributed by atoms with van der Waals surface area (Å²) in [6.45, 7) is -0.446. The molecule has 1 saturated heterocycles. The quantitative estimate of drug-likeness (QED) is 0.489. The van der Waals surface area contributed by atoms with Gasteiger partial charge in [0.1, 0.15) is 23.7 Å². The molecule has 1 N–H and O–H groups in total. The topological polar surface area (TPSA) is 94.2 Å². The molecule has 1 aromatic carbocycles. The summed E-state index contributed by atoms with van der Waals surface area (Å²) in [5.74, 6) is -0.224. The highest BCUT2D eigenvalue weighted by Crippen LogP contribution is 2.27. The maximum absolute atomic E-state index is 12.2. The number of urea groups is 1. The zero-order chi connectivity index (χ0) is 17.0. The van der Waals surface area contributed by atoms with Crippen LogP contribution in [0.1, 0.15) is 5.56 Å². The predicted octanol–water partition coefficient (Wildman–Crippen LogP) is 0.769. The summed E-state index contributed by atoms with van der Waals surface area (Å²) < 4.78 is 14.8. The van der Waals surface area contributed by atoms with Gasteiger partial charge in [-0.2, -0.15) is 0 Å². The van der Waals surface area contributed by atoms with E-state index in [1.165, 1.54) is 27.4 Å². The Morgan fingerprint density at radius 3 is 2.57 bits per heavy atom. The number of esters is 1. The number of methoxy groups -OCH3 is 3. The summed E-state index contributed by atoms with van der Waals surface area (Å²) >= 11 is 0. The van der Waals surface area contributed by atoms with Gasteiger partial charge in [0, 0.05) is 11.6 Å². The van der Waals surface area contributed by atoms with E-state index in [1.807, 2.05) is 0 Å². The average Bonchev–Trinajstić information content (AvgIpc) is 2.82. The molecule has 1 aliphatic heterocycles. The van der Waals surface area contributed by atoms with Crippen LogP contribution < -0.4 is 14.8 Å². The van der Waals surface area contributed by atoms with Crippen LogP contribution in [0.25, 0.3) is 6.08 Å². The number of nitrogens with one attached hydrogen (secondary N) is 1. The molecule has 0 radical (unpaired) electrons. The highest BCUT2D eigenvalue weighted by molar-refractivity contribution is 6.15. The Morgan fingerprint density at radius 1 is 1.22 bits per heavy atom. The lowest BCUT2D eigenvalue weighted by Crippen LogP contribution is -2.36. The van der Waals surface area contributed by atoms with E-state index in [1.54, 1.807) is 18.2 Å². The highest BCUT2D eigenvalue weighted by atomic mass is 16.5. The molecular formula is C15H16N2O6. The maximum Gasteiger partial charge on any atom is 0.329 e. The summed E-state index contributed by atoms with van der Waals surface area (Å²) in [6, 6.07) is 4.36. The van der Waals surface area contributed by atoms with Crippen molar-refractivity contribution in [2.45, 2.75) is 0 Å². The molecule has 0 aromatic heterocycles. The van der Waals surface area contributed by atoms with Crippen LogP contribution in [0.15, 0.2) is 23.9 Å². The summed E-state index contributed by atoms with van der Waals surface area (Å²) in [6.07, 6.45) is 1.47. The third-order valence-corrected chi connectivity index (χ3v) is 3.22. The smallest absolute Gasteiger partial charge is 0.329 e. The molecule has 23 heavy (non-hydrogen) atoms. The number of nitrogens with zero attached hydrogens (tertiary/aromatic N) is 1. The summed E-state index contributed by atoms with van der Waals surface area (Å²) in [5.41, 5.74) is 0.624. The first-order valence-electron chi connectivity index (χ1n) is 6.63. The van der Waals surface area contributed by atoms with E-state index in [9.17, 15) is 14.4 Å². The van der Waals surface area contributed by atoms with Gasteiger partial charge >= 0.3 is 12.0 Å². The molecule has 1 aliphatic rings. The van der Waals surface area contributed by atoms with Gasteiger partial charge in [-0.15, -0.1) is 0 Å². The van der Waals surface area contributed by atoms with Crippen LogP contribution in [0.4, 0.5) is 4.79 Å². The molecule has 8 heteroatoms. The molecule has 2 rings (SSSR count). The van der Waals surface area contributed by atoms with Gasteiger partial charge in [-0.25, -0.2) is 9.69 Å². The molecule has 0 bridgehead atoms. The Bertz CT molecular complexity index is 683. The molecule has 1 heterocycles. The number of benzene rings is 1. The minimum absolute atomic E-state index is 0.0439. The fraction of sp³-hybridized carbons (Fsp3) is 0.267. The van der Waals surface area contributed by atoms with Gasteiger partial charge in [-0.05, 0) is 18.2 Å². The van der Waals surface area contributed by atoms with E-state index in [-0.39, 0.29) is 5.70 Å². The van der Waals surface area contributed by atoms with Gasteiger partial charge in [-0.1, -0.05) is 0 Å². The van der Waals surface area contributed by atoms with Crippen LogP contribution >= 0.6 is 0 Å². The fourth-order valence-electron chi connectivity index (χ4n) is 2.00. The lowest BCUT2D eigenvalue weighted by Gasteiger charge is -2.09. The summed E-state index contributed by atoms with van der Waals surface area (Å²) in [5, 5.41) is 2.42. The van der Waals surface area contributed by atoms with Crippen molar-refractivity contribution in [2.75, 3.05) is 27.9 Å². The van der Waals surface area contributed by atoms with E-state index in [2.05, 4.69) is 10.1 Å². The Hall–Kier alpha value is -3.03. The first-order chi connectivity index (χ1) is 11.0. The zero-order valence-electron chi connectivity index (χ0n) is 12.9. The molecule has 8 nitrogen and oxygen atoms in total. The van der Waals surface area contributed by atoms with Crippen molar-refractivity contribution in [1.82, 2.24) is 10.2 Å². The van der Waals surface area contributed by atoms with E-state index in [0.717, 1.165) is 4.90 Å². The van der Waals surface area contributed by atoms with Gasteiger partial charge in [0.05, 0.1) is 21.3 Å². The number of carbonyl (C=O) groups excluding carboxylic acids is 3. The van der Waals surface area contributed by atoms with E-state index < -0.39 is 24.5 Å². The third kappa shape index (κ3) is 3.42. The number of ether oxygens (including phenoxy) is 3. The van der Waals surface area contributed by atoms with Crippen LogP contribution in [0.2, 0.25) is 0 Å². The molecule has 0 aliphatic carbocycles. The number of rotatable bonds is 5. The van der Waals surface area contributed by atoms with Gasteiger partial charge in [0.25, 0.3) is 5.91 Å². The van der Waals surface area contributed by atoms with Gasteiger partial charge < -0.3 is 19.5 Å². The van der Waals surface area contributed by atoms with E-state index in [0.29, 0.717) is 17.1 Å². The lowest BCUT2D eigenvalue weighted by atomic mass is 10.1. The lowest BCUT2D eigenvalue weighted by molar-refractivity contribution is -0.143. The van der Waals surface area contributed by atoms with Crippen LogP contribution in [0, 0.1) is 0 Å². The molecule has 1 aromatic rings. The fourth-order valence-corrected chi connectivity index (χ4v) is 2.00. The molecule has 1 fully saturated rings. The number of carbonyl (C=O) groups is 3. The molecule has 0 unspecified atom stereocenters. The molecule has 3 amide bonds. The van der Waals surface area contributed by atoms with Crippen molar-refractivity contribution < 1.29 is 28.6 Å². The minimum atomic E-state index is -0.684. The number of amides is 3. The van der Waals surface area contributed by atoms with Crippen molar-refractivity contribution in [3.05, 3.63) is 29.5 Å². The molecule has 0 saturated carbocycles.